The molecule has 0 saturated heterocycles. The third kappa shape index (κ3) is 1.99. The standard InChI is InChI=1S/C10H11N3O4/c14-10(15)9-5-7-3-1-2-4-8(7)6-12(9)13(17)11-16/h1-4,9,16H,5-6H2,(H,14,15)/p-1/b13-11-. The smallest absolute Gasteiger partial charge is 0.332 e. The first-order chi connectivity index (χ1) is 8.13. The zero-order valence-corrected chi connectivity index (χ0v) is 8.81. The maximum atomic E-state index is 11.2. The van der Waals surface area contributed by atoms with Crippen LogP contribution < -0.4 is 0 Å². The zero-order chi connectivity index (χ0) is 12.4. The molecule has 0 saturated carbocycles. The molecule has 1 aliphatic rings. The van der Waals surface area contributed by atoms with Crippen LogP contribution in [0.15, 0.2) is 29.5 Å². The monoisotopic (exact) mass is 236 g/mol. The maximum absolute atomic E-state index is 11.2. The average molecular weight is 236 g/mol. The van der Waals surface area contributed by atoms with Crippen LogP contribution in [-0.2, 0) is 17.8 Å². The van der Waals surface area contributed by atoms with Crippen molar-refractivity contribution in [2.45, 2.75) is 19.0 Å². The van der Waals surface area contributed by atoms with Crippen molar-refractivity contribution in [2.24, 2.45) is 5.28 Å². The number of nitrogens with zero attached hydrogens (tertiary/aromatic N) is 3. The lowest BCUT2D eigenvalue weighted by atomic mass is 9.95. The number of carboxylic acid groups (broad SMARTS) is 1. The van der Waals surface area contributed by atoms with Crippen LogP contribution in [0.25, 0.3) is 0 Å². The quantitative estimate of drug-likeness (QED) is 0.466. The summed E-state index contributed by atoms with van der Waals surface area (Å²) in [5.74, 6) is -1.15. The van der Waals surface area contributed by atoms with E-state index in [1.807, 2.05) is 6.07 Å². The van der Waals surface area contributed by atoms with Crippen LogP contribution in [0.1, 0.15) is 11.1 Å². The molecule has 1 heterocycles. The highest BCUT2D eigenvalue weighted by Crippen LogP contribution is 2.23. The van der Waals surface area contributed by atoms with Crippen molar-refractivity contribution < 1.29 is 14.9 Å². The number of hydrogen-bond acceptors (Lipinski definition) is 4. The molecule has 2 rings (SSSR count). The van der Waals surface area contributed by atoms with Gasteiger partial charge in [0, 0.05) is 11.4 Å². The van der Waals surface area contributed by atoms with Gasteiger partial charge >= 0.3 is 5.97 Å². The number of hydrogen-bond donors (Lipinski definition) is 1. The van der Waals surface area contributed by atoms with Crippen molar-refractivity contribution >= 4 is 5.97 Å². The Hall–Kier alpha value is -2.31. The predicted molar refractivity (Wildman–Crippen MR) is 56.5 cm³/mol. The van der Waals surface area contributed by atoms with Gasteiger partial charge in [-0.15, -0.1) is 5.01 Å². The van der Waals surface area contributed by atoms with Gasteiger partial charge in [-0.05, 0) is 16.4 Å². The van der Waals surface area contributed by atoms with Gasteiger partial charge in [-0.1, -0.05) is 24.3 Å². The molecule has 1 atom stereocenters. The normalized spacial score (nSPS) is 19.9. The summed E-state index contributed by atoms with van der Waals surface area (Å²) in [4.78, 5) is 10.8. The van der Waals surface area contributed by atoms with Gasteiger partial charge in [0.2, 0.25) is 0 Å². The molecule has 0 fully saturated rings. The van der Waals surface area contributed by atoms with Crippen molar-refractivity contribution in [2.75, 3.05) is 0 Å². The molecule has 1 aromatic rings. The molecular weight excluding hydrogens is 226 g/mol. The molecule has 1 aromatic carbocycles. The van der Waals surface area contributed by atoms with Crippen LogP contribution in [0.2, 0.25) is 0 Å². The number of aliphatic carboxylic acids is 1. The van der Waals surface area contributed by atoms with Crippen LogP contribution in [0.5, 0.6) is 0 Å². The summed E-state index contributed by atoms with van der Waals surface area (Å²) in [6.07, 6.45) is 0.180. The van der Waals surface area contributed by atoms with Gasteiger partial charge in [0.15, 0.2) is 6.04 Å². The third-order valence-corrected chi connectivity index (χ3v) is 2.80. The number of carbonyl (C=O) groups is 1. The summed E-state index contributed by atoms with van der Waals surface area (Å²) in [5, 5.41) is 33.5. The first-order valence-corrected chi connectivity index (χ1v) is 5.00. The molecule has 0 aliphatic carbocycles. The predicted octanol–water partition coefficient (Wildman–Crippen LogP) is 0.873. The lowest BCUT2D eigenvalue weighted by Crippen LogP contribution is -2.48. The summed E-state index contributed by atoms with van der Waals surface area (Å²) < 4.78 is 0. The molecule has 0 spiro atoms. The second kappa shape index (κ2) is 4.28. The Morgan fingerprint density at radius 1 is 1.47 bits per heavy atom. The summed E-state index contributed by atoms with van der Waals surface area (Å²) in [6, 6.07) is 6.15. The van der Waals surface area contributed by atoms with E-state index in [0.29, 0.717) is 0 Å². The third-order valence-electron chi connectivity index (χ3n) is 2.80. The highest BCUT2D eigenvalue weighted by Gasteiger charge is 2.36. The molecule has 17 heavy (non-hydrogen) atoms. The van der Waals surface area contributed by atoms with E-state index < -0.39 is 12.0 Å². The highest BCUT2D eigenvalue weighted by atomic mass is 16.6. The Kier molecular flexibility index (Phi) is 2.82. The average Bonchev–Trinajstić information content (AvgIpc) is 2.36. The summed E-state index contributed by atoms with van der Waals surface area (Å²) in [5.41, 5.74) is 1.70. The lowest BCUT2D eigenvalue weighted by molar-refractivity contribution is -0.700. The van der Waals surface area contributed by atoms with Gasteiger partial charge in [-0.25, -0.2) is 4.79 Å². The minimum absolute atomic E-state index is 0.0718. The minimum Gasteiger partial charge on any atom is -0.737 e. The summed E-state index contributed by atoms with van der Waals surface area (Å²) in [7, 11) is 0. The molecule has 1 unspecified atom stereocenters. The second-order valence-corrected chi connectivity index (χ2v) is 3.76. The van der Waals surface area contributed by atoms with E-state index in [1.165, 1.54) is 0 Å². The van der Waals surface area contributed by atoms with E-state index in [1.54, 1.807) is 18.2 Å². The van der Waals surface area contributed by atoms with Crippen LogP contribution >= 0.6 is 0 Å². The SMILES string of the molecule is O=C(O)C1Cc2ccccc2CN1/[N+]([O-])=N/[O-]. The summed E-state index contributed by atoms with van der Waals surface area (Å²) in [6.45, 7) is 0.0718. The molecule has 1 N–H and O–H groups in total. The minimum atomic E-state index is -1.15. The van der Waals surface area contributed by atoms with E-state index in [0.717, 1.165) is 16.1 Å². The number of fused-ring (bicyclic) bond motifs is 1. The number of rotatable bonds is 2. The van der Waals surface area contributed by atoms with Crippen molar-refractivity contribution in [3.05, 3.63) is 45.8 Å². The van der Waals surface area contributed by atoms with E-state index >= 15 is 0 Å². The fourth-order valence-corrected chi connectivity index (χ4v) is 1.95. The molecular formula is C10H10N3O4-. The Balaban J connectivity index is 2.38. The summed E-state index contributed by atoms with van der Waals surface area (Å²) >= 11 is 0. The Bertz CT molecular complexity index is 474. The fraction of sp³-hybridized carbons (Fsp3) is 0.300. The second-order valence-electron chi connectivity index (χ2n) is 3.76. The molecule has 0 bridgehead atoms. The molecule has 0 aromatic heterocycles. The Morgan fingerprint density at radius 2 is 2.12 bits per heavy atom. The zero-order valence-electron chi connectivity index (χ0n) is 8.81. The van der Waals surface area contributed by atoms with Crippen LogP contribution in [0, 0.1) is 10.4 Å². The first-order valence-electron chi connectivity index (χ1n) is 5.00. The van der Waals surface area contributed by atoms with Crippen molar-refractivity contribution in [1.82, 2.24) is 5.01 Å². The fourth-order valence-electron chi connectivity index (χ4n) is 1.95. The van der Waals surface area contributed by atoms with Crippen LogP contribution in [0.4, 0.5) is 0 Å². The van der Waals surface area contributed by atoms with Crippen molar-refractivity contribution in [1.29, 1.82) is 0 Å². The molecule has 90 valence electrons. The molecule has 0 amide bonds. The first kappa shape index (κ1) is 11.2. The Labute approximate surface area is 96.7 Å². The molecule has 7 nitrogen and oxygen atoms in total. The van der Waals surface area contributed by atoms with Gasteiger partial charge < -0.3 is 15.5 Å². The highest BCUT2D eigenvalue weighted by molar-refractivity contribution is 5.74. The van der Waals surface area contributed by atoms with Gasteiger partial charge in [-0.2, -0.15) is 0 Å². The van der Waals surface area contributed by atoms with Crippen molar-refractivity contribution in [3.63, 3.8) is 0 Å². The van der Waals surface area contributed by atoms with E-state index in [-0.39, 0.29) is 17.9 Å². The molecule has 7 heteroatoms. The van der Waals surface area contributed by atoms with E-state index in [2.05, 4.69) is 5.28 Å². The number of hydrazine groups is 1. The largest absolute Gasteiger partial charge is 0.737 e. The lowest BCUT2D eigenvalue weighted by Gasteiger charge is -2.30. The van der Waals surface area contributed by atoms with Crippen LogP contribution in [0.3, 0.4) is 0 Å². The van der Waals surface area contributed by atoms with Crippen LogP contribution in [-0.4, -0.2) is 27.1 Å². The molecule has 0 radical (unpaired) electrons. The van der Waals surface area contributed by atoms with Crippen molar-refractivity contribution in [3.8, 4) is 0 Å². The Morgan fingerprint density at radius 3 is 2.71 bits per heavy atom. The van der Waals surface area contributed by atoms with Gasteiger partial charge in [0.05, 0.1) is 0 Å². The number of benzene rings is 1. The van der Waals surface area contributed by atoms with Gasteiger partial charge in [0.25, 0.3) is 0 Å². The van der Waals surface area contributed by atoms with Gasteiger partial charge in [0.1, 0.15) is 6.54 Å². The van der Waals surface area contributed by atoms with E-state index in [4.69, 9.17) is 5.11 Å². The molecule has 1 aliphatic heterocycles. The maximum Gasteiger partial charge on any atom is 0.332 e. The van der Waals surface area contributed by atoms with E-state index in [9.17, 15) is 15.2 Å². The number of carboxylic acids is 1. The van der Waals surface area contributed by atoms with Gasteiger partial charge in [-0.3, -0.25) is 0 Å². The topological polar surface area (TPSA) is 102 Å².